The Balaban J connectivity index is 2.23. The summed E-state index contributed by atoms with van der Waals surface area (Å²) in [5.41, 5.74) is 1.02. The standard InChI is InChI=1S/C13H8Br2ClNO2/c14-7-1-3-9(10(15)5-7)13(19)17-8-2-4-12(18)11(16)6-8/h1-6,18H,(H,17,19). The number of benzene rings is 2. The number of halogens is 3. The molecule has 2 aromatic carbocycles. The van der Waals surface area contributed by atoms with Crippen molar-refractivity contribution in [1.82, 2.24) is 0 Å². The van der Waals surface area contributed by atoms with Gasteiger partial charge in [0.1, 0.15) is 5.75 Å². The molecule has 0 heterocycles. The first-order valence-electron chi connectivity index (χ1n) is 5.22. The summed E-state index contributed by atoms with van der Waals surface area (Å²) in [6, 6.07) is 9.76. The molecule has 0 radical (unpaired) electrons. The van der Waals surface area contributed by atoms with Crippen molar-refractivity contribution >= 4 is 55.1 Å². The summed E-state index contributed by atoms with van der Waals surface area (Å²) < 4.78 is 1.56. The molecule has 2 N–H and O–H groups in total. The van der Waals surface area contributed by atoms with Crippen molar-refractivity contribution in [2.45, 2.75) is 0 Å². The predicted molar refractivity (Wildman–Crippen MR) is 82.9 cm³/mol. The number of nitrogens with one attached hydrogen (secondary N) is 1. The molecule has 0 aromatic heterocycles. The molecule has 2 rings (SSSR count). The first kappa shape index (κ1) is 14.4. The quantitative estimate of drug-likeness (QED) is 0.704. The Morgan fingerprint density at radius 2 is 1.89 bits per heavy atom. The van der Waals surface area contributed by atoms with Crippen molar-refractivity contribution in [1.29, 1.82) is 0 Å². The van der Waals surface area contributed by atoms with Gasteiger partial charge in [-0.3, -0.25) is 4.79 Å². The van der Waals surface area contributed by atoms with Gasteiger partial charge in [-0.25, -0.2) is 0 Å². The number of hydrogen-bond acceptors (Lipinski definition) is 2. The lowest BCUT2D eigenvalue weighted by Crippen LogP contribution is -2.12. The topological polar surface area (TPSA) is 49.3 Å². The predicted octanol–water partition coefficient (Wildman–Crippen LogP) is 4.82. The first-order chi connectivity index (χ1) is 8.97. The van der Waals surface area contributed by atoms with E-state index in [1.54, 1.807) is 24.3 Å². The SMILES string of the molecule is O=C(Nc1ccc(O)c(Cl)c1)c1ccc(Br)cc1Br. The number of amides is 1. The zero-order valence-corrected chi connectivity index (χ0v) is 13.4. The van der Waals surface area contributed by atoms with Gasteiger partial charge in [0, 0.05) is 14.6 Å². The Morgan fingerprint density at radius 3 is 2.53 bits per heavy atom. The van der Waals surface area contributed by atoms with E-state index in [2.05, 4.69) is 37.2 Å². The molecular weight excluding hydrogens is 397 g/mol. The third kappa shape index (κ3) is 3.49. The van der Waals surface area contributed by atoms with Gasteiger partial charge in [-0.1, -0.05) is 27.5 Å². The number of phenolic OH excluding ortho intramolecular Hbond substituents is 1. The van der Waals surface area contributed by atoms with Gasteiger partial charge in [-0.15, -0.1) is 0 Å². The lowest BCUT2D eigenvalue weighted by Gasteiger charge is -2.08. The van der Waals surface area contributed by atoms with Crippen molar-refractivity contribution in [2.75, 3.05) is 5.32 Å². The summed E-state index contributed by atoms with van der Waals surface area (Å²) in [6.07, 6.45) is 0. The fourth-order valence-corrected chi connectivity index (χ4v) is 2.86. The third-order valence-electron chi connectivity index (χ3n) is 2.38. The molecule has 3 nitrogen and oxygen atoms in total. The second kappa shape index (κ2) is 5.94. The Labute approximate surface area is 131 Å². The van der Waals surface area contributed by atoms with Crippen molar-refractivity contribution < 1.29 is 9.90 Å². The van der Waals surface area contributed by atoms with Gasteiger partial charge in [0.2, 0.25) is 0 Å². The molecule has 0 saturated carbocycles. The Kier molecular flexibility index (Phi) is 4.50. The largest absolute Gasteiger partial charge is 0.506 e. The maximum atomic E-state index is 12.1. The molecule has 1 amide bonds. The van der Waals surface area contributed by atoms with Crippen LogP contribution in [0.2, 0.25) is 5.02 Å². The molecule has 0 unspecified atom stereocenters. The minimum atomic E-state index is -0.263. The molecule has 0 fully saturated rings. The second-order valence-corrected chi connectivity index (χ2v) is 5.92. The van der Waals surface area contributed by atoms with E-state index in [9.17, 15) is 9.90 Å². The molecular formula is C13H8Br2ClNO2. The Bertz CT molecular complexity index is 647. The monoisotopic (exact) mass is 403 g/mol. The number of carbonyl (C=O) groups is 1. The van der Waals surface area contributed by atoms with Crippen molar-refractivity contribution in [3.05, 3.63) is 55.9 Å². The fraction of sp³-hybridized carbons (Fsp3) is 0. The van der Waals surface area contributed by atoms with Crippen LogP contribution < -0.4 is 5.32 Å². The van der Waals surface area contributed by atoms with Gasteiger partial charge in [-0.2, -0.15) is 0 Å². The minimum Gasteiger partial charge on any atom is -0.506 e. The van der Waals surface area contributed by atoms with Crippen molar-refractivity contribution in [3.8, 4) is 5.75 Å². The fourth-order valence-electron chi connectivity index (χ4n) is 1.46. The highest BCUT2D eigenvalue weighted by molar-refractivity contribution is 9.11. The lowest BCUT2D eigenvalue weighted by molar-refractivity contribution is 0.102. The van der Waals surface area contributed by atoms with Gasteiger partial charge in [-0.05, 0) is 52.3 Å². The molecule has 0 spiro atoms. The van der Waals surface area contributed by atoms with Crippen LogP contribution in [0.5, 0.6) is 5.75 Å². The minimum absolute atomic E-state index is 0.0236. The Hall–Kier alpha value is -1.04. The van der Waals surface area contributed by atoms with E-state index in [1.807, 2.05) is 0 Å². The van der Waals surface area contributed by atoms with Crippen LogP contribution >= 0.6 is 43.5 Å². The maximum absolute atomic E-state index is 12.1. The third-order valence-corrected chi connectivity index (χ3v) is 3.83. The summed E-state index contributed by atoms with van der Waals surface area (Å²) in [6.45, 7) is 0. The van der Waals surface area contributed by atoms with E-state index >= 15 is 0 Å². The van der Waals surface area contributed by atoms with Crippen molar-refractivity contribution in [2.24, 2.45) is 0 Å². The van der Waals surface area contributed by atoms with Crippen LogP contribution in [0.1, 0.15) is 10.4 Å². The zero-order chi connectivity index (χ0) is 14.0. The summed E-state index contributed by atoms with van der Waals surface area (Å²) in [5.74, 6) is -0.286. The number of hydrogen-bond donors (Lipinski definition) is 2. The molecule has 0 aliphatic heterocycles. The molecule has 2 aromatic rings. The normalized spacial score (nSPS) is 10.3. The molecule has 98 valence electrons. The van der Waals surface area contributed by atoms with Crippen LogP contribution in [-0.4, -0.2) is 11.0 Å². The van der Waals surface area contributed by atoms with E-state index in [1.165, 1.54) is 12.1 Å². The van der Waals surface area contributed by atoms with Gasteiger partial charge in [0.25, 0.3) is 5.91 Å². The van der Waals surface area contributed by atoms with Gasteiger partial charge in [0.15, 0.2) is 0 Å². The zero-order valence-electron chi connectivity index (χ0n) is 9.45. The number of rotatable bonds is 2. The number of carbonyl (C=O) groups excluding carboxylic acids is 1. The van der Waals surface area contributed by atoms with Crippen LogP contribution in [0, 0.1) is 0 Å². The summed E-state index contributed by atoms with van der Waals surface area (Å²) in [7, 11) is 0. The average Bonchev–Trinajstić information content (AvgIpc) is 2.33. The Morgan fingerprint density at radius 1 is 1.16 bits per heavy atom. The van der Waals surface area contributed by atoms with Crippen LogP contribution in [0.25, 0.3) is 0 Å². The highest BCUT2D eigenvalue weighted by Crippen LogP contribution is 2.27. The van der Waals surface area contributed by atoms with E-state index in [0.717, 1.165) is 4.47 Å². The number of anilines is 1. The molecule has 6 heteroatoms. The van der Waals surface area contributed by atoms with E-state index in [0.29, 0.717) is 15.7 Å². The average molecular weight is 405 g/mol. The first-order valence-corrected chi connectivity index (χ1v) is 7.18. The smallest absolute Gasteiger partial charge is 0.256 e. The summed E-state index contributed by atoms with van der Waals surface area (Å²) in [5, 5.41) is 12.2. The lowest BCUT2D eigenvalue weighted by atomic mass is 10.2. The molecule has 19 heavy (non-hydrogen) atoms. The summed E-state index contributed by atoms with van der Waals surface area (Å²) in [4.78, 5) is 12.1. The van der Waals surface area contributed by atoms with Gasteiger partial charge >= 0.3 is 0 Å². The van der Waals surface area contributed by atoms with E-state index < -0.39 is 0 Å². The van der Waals surface area contributed by atoms with Crippen molar-refractivity contribution in [3.63, 3.8) is 0 Å². The molecule has 0 saturated heterocycles. The molecule has 0 bridgehead atoms. The number of aromatic hydroxyl groups is 1. The van der Waals surface area contributed by atoms with Gasteiger partial charge in [0.05, 0.1) is 10.6 Å². The highest BCUT2D eigenvalue weighted by Gasteiger charge is 2.11. The summed E-state index contributed by atoms with van der Waals surface area (Å²) >= 11 is 12.4. The second-order valence-electron chi connectivity index (χ2n) is 3.74. The van der Waals surface area contributed by atoms with Crippen LogP contribution in [0.15, 0.2) is 45.3 Å². The molecule has 0 aliphatic carbocycles. The van der Waals surface area contributed by atoms with Crippen LogP contribution in [0.3, 0.4) is 0 Å². The molecule has 0 aliphatic rings. The van der Waals surface area contributed by atoms with E-state index in [-0.39, 0.29) is 16.7 Å². The maximum Gasteiger partial charge on any atom is 0.256 e. The van der Waals surface area contributed by atoms with E-state index in [4.69, 9.17) is 11.6 Å². The van der Waals surface area contributed by atoms with Crippen LogP contribution in [-0.2, 0) is 0 Å². The van der Waals surface area contributed by atoms with Crippen LogP contribution in [0.4, 0.5) is 5.69 Å². The molecule has 0 atom stereocenters. The number of phenols is 1. The highest BCUT2D eigenvalue weighted by atomic mass is 79.9. The van der Waals surface area contributed by atoms with Gasteiger partial charge < -0.3 is 10.4 Å².